The van der Waals surface area contributed by atoms with Gasteiger partial charge in [-0.3, -0.25) is 0 Å². The van der Waals surface area contributed by atoms with Crippen molar-refractivity contribution >= 4 is 0 Å². The molecule has 0 N–H and O–H groups in total. The van der Waals surface area contributed by atoms with Crippen LogP contribution in [0, 0.1) is 13.5 Å². The highest BCUT2D eigenvalue weighted by Gasteiger charge is 2.01. The molecule has 1 aromatic rings. The van der Waals surface area contributed by atoms with Crippen molar-refractivity contribution in [2.75, 3.05) is 13.2 Å². The van der Waals surface area contributed by atoms with Crippen molar-refractivity contribution in [1.29, 1.82) is 0 Å². The monoisotopic (exact) mass is 192 g/mol. The second kappa shape index (κ2) is 5.66. The van der Waals surface area contributed by atoms with E-state index >= 15 is 0 Å². The molecule has 0 heterocycles. The average Bonchev–Trinajstić information content (AvgIpc) is 2.19. The van der Waals surface area contributed by atoms with Crippen LogP contribution in [-0.4, -0.2) is 13.2 Å². The quantitative estimate of drug-likeness (QED) is 0.714. The highest BCUT2D eigenvalue weighted by Crippen LogP contribution is 2.20. The zero-order valence-electron chi connectivity index (χ0n) is 8.75. The van der Waals surface area contributed by atoms with Gasteiger partial charge in [-0.1, -0.05) is 12.1 Å². The number of ether oxygens (including phenoxy) is 2. The predicted molar refractivity (Wildman–Crippen MR) is 57.1 cm³/mol. The van der Waals surface area contributed by atoms with Crippen LogP contribution in [0.1, 0.15) is 25.0 Å². The van der Waals surface area contributed by atoms with Crippen molar-refractivity contribution in [2.45, 2.75) is 13.8 Å². The van der Waals surface area contributed by atoms with E-state index < -0.39 is 0 Å². The van der Waals surface area contributed by atoms with Crippen LogP contribution in [0.15, 0.2) is 18.2 Å². The zero-order chi connectivity index (χ0) is 10.4. The molecule has 1 aromatic carbocycles. The Balaban J connectivity index is 2.72. The second-order valence-corrected chi connectivity index (χ2v) is 2.87. The fourth-order valence-electron chi connectivity index (χ4n) is 1.11. The van der Waals surface area contributed by atoms with Crippen molar-refractivity contribution in [3.05, 3.63) is 42.9 Å². The molecule has 0 aromatic heterocycles. The maximum absolute atomic E-state index is 5.42. The van der Waals surface area contributed by atoms with E-state index in [4.69, 9.17) is 9.47 Å². The van der Waals surface area contributed by atoms with E-state index in [0.717, 1.165) is 16.9 Å². The molecule has 0 amide bonds. The molecule has 0 saturated heterocycles. The smallest absolute Gasteiger partial charge is 0.122 e. The van der Waals surface area contributed by atoms with Gasteiger partial charge in [0.15, 0.2) is 0 Å². The maximum atomic E-state index is 5.42. The minimum atomic E-state index is 0.653. The Morgan fingerprint density at radius 2 is 2.07 bits per heavy atom. The first-order chi connectivity index (χ1) is 6.77. The third kappa shape index (κ3) is 3.04. The van der Waals surface area contributed by atoms with Crippen LogP contribution in [0.2, 0.25) is 0 Å². The van der Waals surface area contributed by atoms with Gasteiger partial charge in [-0.2, -0.15) is 0 Å². The van der Waals surface area contributed by atoms with Gasteiger partial charge < -0.3 is 9.47 Å². The first kappa shape index (κ1) is 11.1. The summed E-state index contributed by atoms with van der Waals surface area (Å²) in [4.78, 5) is 0. The van der Waals surface area contributed by atoms with Crippen molar-refractivity contribution in [1.82, 2.24) is 0 Å². The molecule has 0 spiro atoms. The van der Waals surface area contributed by atoms with Gasteiger partial charge >= 0.3 is 0 Å². The fraction of sp³-hybridized carbons (Fsp3) is 0.333. The van der Waals surface area contributed by atoms with Crippen LogP contribution in [0.4, 0.5) is 0 Å². The number of hydrogen-bond donors (Lipinski definition) is 0. The van der Waals surface area contributed by atoms with E-state index in [1.54, 1.807) is 6.61 Å². The molecule has 0 aliphatic heterocycles. The SMILES string of the molecule is [CH2]c1ccc([CH]OCC)cc1OCC. The predicted octanol–water partition coefficient (Wildman–Crippen LogP) is 2.81. The molecule has 0 aliphatic rings. The van der Waals surface area contributed by atoms with Crippen LogP contribution in [0.25, 0.3) is 0 Å². The molecule has 14 heavy (non-hydrogen) atoms. The zero-order valence-corrected chi connectivity index (χ0v) is 8.75. The molecule has 76 valence electrons. The summed E-state index contributed by atoms with van der Waals surface area (Å²) in [6, 6.07) is 5.82. The van der Waals surface area contributed by atoms with E-state index in [9.17, 15) is 0 Å². The lowest BCUT2D eigenvalue weighted by Gasteiger charge is -2.08. The first-order valence-electron chi connectivity index (χ1n) is 4.81. The first-order valence-corrected chi connectivity index (χ1v) is 4.81. The van der Waals surface area contributed by atoms with Gasteiger partial charge in [0.1, 0.15) is 12.4 Å². The minimum absolute atomic E-state index is 0.653. The van der Waals surface area contributed by atoms with Crippen molar-refractivity contribution in [3.8, 4) is 5.75 Å². The van der Waals surface area contributed by atoms with Gasteiger partial charge in [0.25, 0.3) is 0 Å². The van der Waals surface area contributed by atoms with Gasteiger partial charge in [0.2, 0.25) is 0 Å². The molecule has 0 unspecified atom stereocenters. The van der Waals surface area contributed by atoms with Crippen LogP contribution >= 0.6 is 0 Å². The third-order valence-corrected chi connectivity index (χ3v) is 1.78. The molecular formula is C12H16O2. The Morgan fingerprint density at radius 1 is 1.29 bits per heavy atom. The Hall–Kier alpha value is -1.02. The highest BCUT2D eigenvalue weighted by atomic mass is 16.5. The summed E-state index contributed by atoms with van der Waals surface area (Å²) < 4.78 is 10.6. The van der Waals surface area contributed by atoms with Gasteiger partial charge in [-0.25, -0.2) is 0 Å². The lowest BCUT2D eigenvalue weighted by atomic mass is 10.1. The summed E-state index contributed by atoms with van der Waals surface area (Å²) in [5, 5.41) is 0. The largest absolute Gasteiger partial charge is 0.494 e. The summed E-state index contributed by atoms with van der Waals surface area (Å²) >= 11 is 0. The Labute approximate surface area is 85.8 Å². The molecule has 2 heteroatoms. The van der Waals surface area contributed by atoms with Crippen LogP contribution in [-0.2, 0) is 4.74 Å². The molecule has 2 nitrogen and oxygen atoms in total. The van der Waals surface area contributed by atoms with Crippen LogP contribution in [0.5, 0.6) is 5.75 Å². The Bertz CT molecular complexity index is 282. The van der Waals surface area contributed by atoms with E-state index in [-0.39, 0.29) is 0 Å². The molecule has 2 radical (unpaired) electrons. The van der Waals surface area contributed by atoms with Crippen molar-refractivity contribution in [3.63, 3.8) is 0 Å². The molecule has 0 aliphatic carbocycles. The summed E-state index contributed by atoms with van der Waals surface area (Å²) in [5.41, 5.74) is 1.91. The van der Waals surface area contributed by atoms with Gasteiger partial charge in [-0.15, -0.1) is 0 Å². The van der Waals surface area contributed by atoms with E-state index in [1.165, 1.54) is 0 Å². The maximum Gasteiger partial charge on any atom is 0.122 e. The normalized spacial score (nSPS) is 10.2. The van der Waals surface area contributed by atoms with Crippen LogP contribution in [0.3, 0.4) is 0 Å². The third-order valence-electron chi connectivity index (χ3n) is 1.78. The number of rotatable bonds is 5. The topological polar surface area (TPSA) is 18.5 Å². The molecule has 0 fully saturated rings. The molecule has 0 atom stereocenters. The summed E-state index contributed by atoms with van der Waals surface area (Å²) in [7, 11) is 0. The lowest BCUT2D eigenvalue weighted by molar-refractivity contribution is 0.229. The van der Waals surface area contributed by atoms with Crippen LogP contribution < -0.4 is 4.74 Å². The van der Waals surface area contributed by atoms with Gasteiger partial charge in [0, 0.05) is 6.61 Å². The summed E-state index contributed by atoms with van der Waals surface area (Å²) in [6.07, 6.45) is 0. The summed E-state index contributed by atoms with van der Waals surface area (Å²) in [6.45, 7) is 10.8. The molecule has 0 bridgehead atoms. The van der Waals surface area contributed by atoms with E-state index in [2.05, 4.69) is 6.92 Å². The Morgan fingerprint density at radius 3 is 2.71 bits per heavy atom. The van der Waals surface area contributed by atoms with Crippen molar-refractivity contribution in [2.24, 2.45) is 0 Å². The lowest BCUT2D eigenvalue weighted by Crippen LogP contribution is -1.96. The number of benzene rings is 1. The van der Waals surface area contributed by atoms with E-state index in [0.29, 0.717) is 13.2 Å². The van der Waals surface area contributed by atoms with Crippen molar-refractivity contribution < 1.29 is 9.47 Å². The van der Waals surface area contributed by atoms with Gasteiger partial charge in [0.05, 0.1) is 6.61 Å². The molecular weight excluding hydrogens is 176 g/mol. The fourth-order valence-corrected chi connectivity index (χ4v) is 1.11. The Kier molecular flexibility index (Phi) is 4.47. The summed E-state index contributed by atoms with van der Waals surface area (Å²) in [5.74, 6) is 0.820. The highest BCUT2D eigenvalue weighted by molar-refractivity contribution is 5.41. The number of hydrogen-bond acceptors (Lipinski definition) is 2. The minimum Gasteiger partial charge on any atom is -0.494 e. The standard InChI is InChI=1S/C12H16O2/c1-4-13-9-11-7-6-10(3)12(8-11)14-5-2/h6-9H,3-5H2,1-2H3. The molecule has 0 saturated carbocycles. The van der Waals surface area contributed by atoms with Gasteiger partial charge in [-0.05, 0) is 38.0 Å². The van der Waals surface area contributed by atoms with E-state index in [1.807, 2.05) is 32.0 Å². The average molecular weight is 192 g/mol. The second-order valence-electron chi connectivity index (χ2n) is 2.87. The molecule has 1 rings (SSSR count).